The Balaban J connectivity index is 1.77. The Morgan fingerprint density at radius 2 is 1.00 bits per heavy atom. The van der Waals surface area contributed by atoms with E-state index in [4.69, 9.17) is 37.9 Å². The summed E-state index contributed by atoms with van der Waals surface area (Å²) in [7, 11) is 0. The Hall–Kier alpha value is -1.75. The number of benzene rings is 1. The van der Waals surface area contributed by atoms with Gasteiger partial charge in [0.1, 0.15) is 18.0 Å². The lowest BCUT2D eigenvalue weighted by Gasteiger charge is -2.19. The molecule has 0 amide bonds. The van der Waals surface area contributed by atoms with Crippen LogP contribution in [-0.2, 0) is 44.4 Å². The van der Waals surface area contributed by atoms with Gasteiger partial charge in [0.25, 0.3) is 0 Å². The molecule has 0 spiro atoms. The number of esters is 1. The van der Waals surface area contributed by atoms with Crippen LogP contribution in [0, 0.1) is 0 Å². The van der Waals surface area contributed by atoms with Crippen LogP contribution >= 0.6 is 0 Å². The average molecular weight is 599 g/mol. The standard InChI is InChI=1S/C33H58O9/c1-5-6-7-8-9-10-11-30-12-14-31(15-13-30)41-29-28-40-27-26-39-25-24-38-23-22-37-21-20-36-19-18-35-17-16-32(34)42-33(2,3)4/h12-15H,5-11,16-29H2,1-4H3. The molecule has 0 aromatic heterocycles. The zero-order chi connectivity index (χ0) is 30.6. The SMILES string of the molecule is CCCCCCCCc1ccc(OCCOCCOCCOCCOCCOCCOCCC(=O)OC(C)(C)C)cc1. The van der Waals surface area contributed by atoms with Crippen molar-refractivity contribution in [1.29, 1.82) is 0 Å². The topological polar surface area (TPSA) is 90.9 Å². The second-order valence-corrected chi connectivity index (χ2v) is 11.0. The molecule has 1 rings (SSSR count). The molecule has 0 bridgehead atoms. The van der Waals surface area contributed by atoms with Crippen molar-refractivity contribution in [3.8, 4) is 5.75 Å². The van der Waals surface area contributed by atoms with Crippen LogP contribution < -0.4 is 4.74 Å². The summed E-state index contributed by atoms with van der Waals surface area (Å²) in [5.41, 5.74) is 0.909. The van der Waals surface area contributed by atoms with Crippen molar-refractivity contribution in [3.63, 3.8) is 0 Å². The molecule has 0 saturated carbocycles. The number of hydrogen-bond acceptors (Lipinski definition) is 9. The molecule has 9 nitrogen and oxygen atoms in total. The van der Waals surface area contributed by atoms with Crippen LogP contribution in [0.4, 0.5) is 0 Å². The summed E-state index contributed by atoms with van der Waals surface area (Å²) in [6, 6.07) is 8.42. The van der Waals surface area contributed by atoms with Crippen molar-refractivity contribution >= 4 is 5.97 Å². The van der Waals surface area contributed by atoms with E-state index in [0.29, 0.717) is 85.9 Å². The van der Waals surface area contributed by atoms with Crippen LogP contribution in [0.25, 0.3) is 0 Å². The maximum absolute atomic E-state index is 11.6. The summed E-state index contributed by atoms with van der Waals surface area (Å²) in [5.74, 6) is 0.625. The van der Waals surface area contributed by atoms with E-state index < -0.39 is 5.60 Å². The summed E-state index contributed by atoms with van der Waals surface area (Å²) in [6.07, 6.45) is 9.33. The fourth-order valence-electron chi connectivity index (χ4n) is 3.83. The average Bonchev–Trinajstić information content (AvgIpc) is 2.95. The third kappa shape index (κ3) is 25.9. The molecule has 9 heteroatoms. The molecule has 0 saturated heterocycles. The molecule has 0 fully saturated rings. The van der Waals surface area contributed by atoms with Crippen LogP contribution in [0.5, 0.6) is 5.75 Å². The van der Waals surface area contributed by atoms with Gasteiger partial charge in [-0.05, 0) is 51.3 Å². The fraction of sp³-hybridized carbons (Fsp3) is 0.788. The van der Waals surface area contributed by atoms with Crippen molar-refractivity contribution in [2.75, 3.05) is 85.9 Å². The maximum Gasteiger partial charge on any atom is 0.308 e. The summed E-state index contributed by atoms with van der Waals surface area (Å²) < 4.78 is 43.8. The van der Waals surface area contributed by atoms with Gasteiger partial charge in [0, 0.05) is 0 Å². The number of carbonyl (C=O) groups excluding carboxylic acids is 1. The second kappa shape index (κ2) is 26.8. The highest BCUT2D eigenvalue weighted by Gasteiger charge is 2.15. The number of aryl methyl sites for hydroxylation is 1. The number of rotatable bonds is 29. The fourth-order valence-corrected chi connectivity index (χ4v) is 3.83. The Morgan fingerprint density at radius 1 is 0.571 bits per heavy atom. The highest BCUT2D eigenvalue weighted by molar-refractivity contribution is 5.69. The summed E-state index contributed by atoms with van der Waals surface area (Å²) >= 11 is 0. The van der Waals surface area contributed by atoms with Crippen molar-refractivity contribution in [1.82, 2.24) is 0 Å². The maximum atomic E-state index is 11.6. The quantitative estimate of drug-likeness (QED) is 0.0838. The highest BCUT2D eigenvalue weighted by atomic mass is 16.6. The molecule has 244 valence electrons. The minimum atomic E-state index is -0.466. The molecular weight excluding hydrogens is 540 g/mol. The first-order valence-electron chi connectivity index (χ1n) is 15.8. The lowest BCUT2D eigenvalue weighted by molar-refractivity contribution is -0.156. The van der Waals surface area contributed by atoms with Gasteiger partial charge in [-0.25, -0.2) is 0 Å². The van der Waals surface area contributed by atoms with Gasteiger partial charge < -0.3 is 37.9 Å². The van der Waals surface area contributed by atoms with Gasteiger partial charge in [0.15, 0.2) is 0 Å². The molecule has 0 aliphatic rings. The Bertz CT molecular complexity index is 734. The molecular formula is C33H58O9. The van der Waals surface area contributed by atoms with Gasteiger partial charge in [-0.1, -0.05) is 51.2 Å². The first-order valence-corrected chi connectivity index (χ1v) is 15.8. The zero-order valence-electron chi connectivity index (χ0n) is 26.8. The van der Waals surface area contributed by atoms with E-state index in [1.807, 2.05) is 32.9 Å². The molecule has 0 atom stereocenters. The smallest absolute Gasteiger partial charge is 0.308 e. The Kier molecular flexibility index (Phi) is 24.5. The normalized spacial score (nSPS) is 11.6. The van der Waals surface area contributed by atoms with E-state index in [9.17, 15) is 4.79 Å². The van der Waals surface area contributed by atoms with Crippen molar-refractivity contribution in [2.24, 2.45) is 0 Å². The molecule has 0 aliphatic heterocycles. The van der Waals surface area contributed by atoms with Crippen LogP contribution in [-0.4, -0.2) is 97.5 Å². The van der Waals surface area contributed by atoms with Crippen molar-refractivity contribution in [2.45, 2.75) is 84.7 Å². The molecule has 1 aromatic rings. The second-order valence-electron chi connectivity index (χ2n) is 11.0. The first-order chi connectivity index (χ1) is 20.4. The van der Waals surface area contributed by atoms with Crippen LogP contribution in [0.3, 0.4) is 0 Å². The van der Waals surface area contributed by atoms with E-state index in [1.165, 1.54) is 44.1 Å². The lowest BCUT2D eigenvalue weighted by atomic mass is 10.0. The highest BCUT2D eigenvalue weighted by Crippen LogP contribution is 2.15. The van der Waals surface area contributed by atoms with Crippen LogP contribution in [0.2, 0.25) is 0 Å². The largest absolute Gasteiger partial charge is 0.491 e. The molecule has 42 heavy (non-hydrogen) atoms. The third-order valence-corrected chi connectivity index (χ3v) is 5.97. The van der Waals surface area contributed by atoms with E-state index in [2.05, 4.69) is 19.1 Å². The summed E-state index contributed by atoms with van der Waals surface area (Å²) in [5, 5.41) is 0. The minimum Gasteiger partial charge on any atom is -0.491 e. The van der Waals surface area contributed by atoms with Crippen LogP contribution in [0.15, 0.2) is 24.3 Å². The molecule has 0 N–H and O–H groups in total. The molecule has 0 unspecified atom stereocenters. The van der Waals surface area contributed by atoms with Crippen molar-refractivity contribution in [3.05, 3.63) is 29.8 Å². The predicted molar refractivity (Wildman–Crippen MR) is 164 cm³/mol. The Morgan fingerprint density at radius 3 is 1.48 bits per heavy atom. The third-order valence-electron chi connectivity index (χ3n) is 5.97. The lowest BCUT2D eigenvalue weighted by Crippen LogP contribution is -2.24. The van der Waals surface area contributed by atoms with Gasteiger partial charge >= 0.3 is 5.97 Å². The number of carbonyl (C=O) groups is 1. The zero-order valence-corrected chi connectivity index (χ0v) is 26.8. The number of ether oxygens (including phenoxy) is 8. The van der Waals surface area contributed by atoms with Gasteiger partial charge in [-0.2, -0.15) is 0 Å². The Labute approximate surface area is 254 Å². The van der Waals surface area contributed by atoms with Gasteiger partial charge in [0.05, 0.1) is 85.7 Å². The summed E-state index contributed by atoms with van der Waals surface area (Å²) in [4.78, 5) is 11.6. The monoisotopic (exact) mass is 598 g/mol. The van der Waals surface area contributed by atoms with Gasteiger partial charge in [0.2, 0.25) is 0 Å². The van der Waals surface area contributed by atoms with E-state index in [0.717, 1.165) is 12.2 Å². The molecule has 0 radical (unpaired) electrons. The molecule has 0 heterocycles. The first kappa shape index (κ1) is 38.3. The van der Waals surface area contributed by atoms with E-state index in [-0.39, 0.29) is 12.4 Å². The summed E-state index contributed by atoms with van der Waals surface area (Å²) in [6.45, 7) is 14.1. The van der Waals surface area contributed by atoms with Crippen molar-refractivity contribution < 1.29 is 42.7 Å². The van der Waals surface area contributed by atoms with E-state index in [1.54, 1.807) is 0 Å². The predicted octanol–water partition coefficient (Wildman–Crippen LogP) is 5.80. The number of unbranched alkanes of at least 4 members (excludes halogenated alkanes) is 5. The van der Waals surface area contributed by atoms with E-state index >= 15 is 0 Å². The minimum absolute atomic E-state index is 0.240. The van der Waals surface area contributed by atoms with Gasteiger partial charge in [-0.15, -0.1) is 0 Å². The van der Waals surface area contributed by atoms with Gasteiger partial charge in [-0.3, -0.25) is 4.79 Å². The molecule has 1 aromatic carbocycles. The number of hydrogen-bond donors (Lipinski definition) is 0. The molecule has 0 aliphatic carbocycles. The van der Waals surface area contributed by atoms with Crippen LogP contribution in [0.1, 0.15) is 78.2 Å².